The standard InChI is InChI=1S/C43H72O35/c44-3-1-11-17(51)23(57)36(65)73-30-12(5-46)69-39(25(59)18(30)52)76-33-15(8-49)71-41(27(61)21(33)55)77-34-16(9-50)72-42(28(62)22(34)56)78-43(2-4-45)10-66-37(29(63)35(43)64)74-31-13(6-47)70-40(26(60)20(31)54)75-32-14(7-48)68-38(67-11)24(58)19(32)53/h11-16,18-22,24-42,44-65H,1-10H2. The number of rotatable bonds is 9. The Labute approximate surface area is 440 Å². The van der Waals surface area contributed by atoms with Crippen LogP contribution in [0, 0.1) is 0 Å². The van der Waals surface area contributed by atoms with Crippen molar-refractivity contribution in [2.75, 3.05) is 52.9 Å². The zero-order valence-corrected chi connectivity index (χ0v) is 41.0. The van der Waals surface area contributed by atoms with Crippen LogP contribution in [-0.4, -0.2) is 355 Å². The predicted octanol–water partition coefficient (Wildman–Crippen LogP) is -13.2. The highest BCUT2D eigenvalue weighted by Crippen LogP contribution is 2.40. The van der Waals surface area contributed by atoms with Crippen molar-refractivity contribution in [2.45, 2.75) is 203 Å². The van der Waals surface area contributed by atoms with Crippen LogP contribution < -0.4 is 0 Å². The van der Waals surface area contributed by atoms with Gasteiger partial charge >= 0.3 is 0 Å². The van der Waals surface area contributed by atoms with Gasteiger partial charge in [0.25, 0.3) is 0 Å². The van der Waals surface area contributed by atoms with Gasteiger partial charge in [-0.15, -0.1) is 0 Å². The van der Waals surface area contributed by atoms with Crippen molar-refractivity contribution in [1.29, 1.82) is 0 Å². The molecule has 0 aromatic carbocycles. The third-order valence-electron chi connectivity index (χ3n) is 14.6. The first-order chi connectivity index (χ1) is 37.0. The van der Waals surface area contributed by atoms with E-state index < -0.39 is 267 Å². The zero-order valence-electron chi connectivity index (χ0n) is 41.0. The lowest BCUT2D eigenvalue weighted by Crippen LogP contribution is -2.69. The van der Waals surface area contributed by atoms with Gasteiger partial charge in [0.05, 0.1) is 39.6 Å². The first kappa shape index (κ1) is 63.6. The number of hydrogen-bond acceptors (Lipinski definition) is 35. The van der Waals surface area contributed by atoms with Crippen molar-refractivity contribution in [3.8, 4) is 0 Å². The van der Waals surface area contributed by atoms with E-state index in [1.807, 2.05) is 0 Å². The molecule has 13 aliphatic rings. The fourth-order valence-corrected chi connectivity index (χ4v) is 10.1. The van der Waals surface area contributed by atoms with E-state index in [9.17, 15) is 112 Å². The smallest absolute Gasteiger partial charge is 0.218 e. The summed E-state index contributed by atoms with van der Waals surface area (Å²) in [4.78, 5) is 0. The maximum atomic E-state index is 11.6. The second kappa shape index (κ2) is 27.2. The Morgan fingerprint density at radius 3 is 1.04 bits per heavy atom. The van der Waals surface area contributed by atoms with E-state index in [4.69, 9.17) is 61.6 Å². The van der Waals surface area contributed by atoms with E-state index in [0.717, 1.165) is 0 Å². The van der Waals surface area contributed by atoms with Crippen LogP contribution in [0.3, 0.4) is 0 Å². The fourth-order valence-electron chi connectivity index (χ4n) is 10.1. The second-order valence-electron chi connectivity index (χ2n) is 19.6. The molecule has 0 amide bonds. The van der Waals surface area contributed by atoms with Gasteiger partial charge in [0.1, 0.15) is 146 Å². The number of ether oxygens (including phenoxy) is 13. The van der Waals surface area contributed by atoms with Gasteiger partial charge in [-0.2, -0.15) is 0 Å². The van der Waals surface area contributed by atoms with Crippen LogP contribution in [0.4, 0.5) is 0 Å². The minimum absolute atomic E-state index is 0.609. The summed E-state index contributed by atoms with van der Waals surface area (Å²) in [5.41, 5.74) is -2.27. The summed E-state index contributed by atoms with van der Waals surface area (Å²) < 4.78 is 73.4. The number of aliphatic hydroxyl groups excluding tert-OH is 22. The lowest BCUT2D eigenvalue weighted by Gasteiger charge is -2.51. The average Bonchev–Trinajstić information content (AvgIpc) is 3.48. The molecule has 13 rings (SSSR count). The Morgan fingerprint density at radius 2 is 0.679 bits per heavy atom. The third kappa shape index (κ3) is 12.7. The Hall–Kier alpha value is -1.98. The molecular formula is C43H72O35. The van der Waals surface area contributed by atoms with Crippen molar-refractivity contribution in [2.24, 2.45) is 0 Å². The highest BCUT2D eigenvalue weighted by molar-refractivity contribution is 5.09. The summed E-state index contributed by atoms with van der Waals surface area (Å²) in [5.74, 6) is -2.86. The maximum Gasteiger partial charge on any atom is 0.218 e. The molecular weight excluding hydrogens is 1080 g/mol. The van der Waals surface area contributed by atoms with Crippen LogP contribution in [0.5, 0.6) is 0 Å². The van der Waals surface area contributed by atoms with Crippen molar-refractivity contribution in [3.63, 3.8) is 0 Å². The molecule has 13 heterocycles. The van der Waals surface area contributed by atoms with Gasteiger partial charge in [-0.25, -0.2) is 0 Å². The van der Waals surface area contributed by atoms with Gasteiger partial charge in [0.15, 0.2) is 49.3 Å². The molecule has 0 aliphatic carbocycles. The molecule has 0 aromatic rings. The number of fused-ring (bicyclic) bond motifs is 6. The topological polar surface area (TPSA) is 565 Å². The normalized spacial score (nSPS) is 51.4. The van der Waals surface area contributed by atoms with Crippen molar-refractivity contribution in [1.82, 2.24) is 0 Å². The number of aliphatic hydroxyl groups is 22. The van der Waals surface area contributed by atoms with E-state index in [-0.39, 0.29) is 0 Å². The molecule has 78 heavy (non-hydrogen) atoms. The van der Waals surface area contributed by atoms with Gasteiger partial charge in [0.2, 0.25) is 6.29 Å². The SMILES string of the molecule is OCCC1OC2OC(CO)C(OC3OC(CO)C(OC4OCC(CCO)(OC5OC(CO)C(OC6OC(CO)C(OC7OC(CO)C(OC(O)C(O)=C1O)C(O)C7O)C(O)C6O)C(O)C5O)C(O)C4O)C(O)C3O)C(O)C2O. The molecule has 31 atom stereocenters. The van der Waals surface area contributed by atoms with Gasteiger partial charge in [-0.05, 0) is 0 Å². The Balaban J connectivity index is 1.20. The van der Waals surface area contributed by atoms with Crippen LogP contribution in [0.15, 0.2) is 11.5 Å². The van der Waals surface area contributed by atoms with E-state index in [2.05, 4.69) is 0 Å². The molecule has 22 N–H and O–H groups in total. The Kier molecular flexibility index (Phi) is 22.1. The molecule has 0 saturated carbocycles. The third-order valence-corrected chi connectivity index (χ3v) is 14.6. The molecule has 6 fully saturated rings. The minimum atomic E-state index is -2.71. The Morgan fingerprint density at radius 1 is 0.346 bits per heavy atom. The summed E-state index contributed by atoms with van der Waals surface area (Å²) in [6.45, 7) is -7.88. The predicted molar refractivity (Wildman–Crippen MR) is 235 cm³/mol. The van der Waals surface area contributed by atoms with Gasteiger partial charge < -0.3 is 174 Å². The highest BCUT2D eigenvalue weighted by Gasteiger charge is 2.60. The molecule has 0 radical (unpaired) electrons. The molecule has 35 heteroatoms. The van der Waals surface area contributed by atoms with Crippen LogP contribution in [0.1, 0.15) is 12.8 Å². The number of hydrogen-bond donors (Lipinski definition) is 22. The first-order valence-corrected chi connectivity index (χ1v) is 24.8. The molecule has 31 unspecified atom stereocenters. The van der Waals surface area contributed by atoms with E-state index in [1.165, 1.54) is 0 Å². The first-order valence-electron chi connectivity index (χ1n) is 24.8. The molecule has 12 bridgehead atoms. The van der Waals surface area contributed by atoms with Crippen LogP contribution in [-0.2, 0) is 61.6 Å². The van der Waals surface area contributed by atoms with E-state index >= 15 is 0 Å². The quantitative estimate of drug-likeness (QED) is 0.102. The van der Waals surface area contributed by atoms with Crippen LogP contribution in [0.25, 0.3) is 0 Å². The maximum absolute atomic E-state index is 11.6. The van der Waals surface area contributed by atoms with Gasteiger partial charge in [-0.1, -0.05) is 0 Å². The average molecular weight is 1150 g/mol. The van der Waals surface area contributed by atoms with Gasteiger partial charge in [-0.3, -0.25) is 0 Å². The lowest BCUT2D eigenvalue weighted by atomic mass is 9.86. The summed E-state index contributed by atoms with van der Waals surface area (Å²) in [6.07, 6.45) is -63.4. The molecule has 6 saturated heterocycles. The van der Waals surface area contributed by atoms with Crippen LogP contribution in [0.2, 0.25) is 0 Å². The lowest BCUT2D eigenvalue weighted by molar-refractivity contribution is -0.402. The highest BCUT2D eigenvalue weighted by atomic mass is 16.8. The van der Waals surface area contributed by atoms with E-state index in [1.54, 1.807) is 0 Å². The Bertz CT molecular complexity index is 1890. The van der Waals surface area contributed by atoms with E-state index in [0.29, 0.717) is 0 Å². The summed E-state index contributed by atoms with van der Waals surface area (Å²) in [7, 11) is 0. The zero-order chi connectivity index (χ0) is 57.2. The fraction of sp³-hybridized carbons (Fsp3) is 0.953. The van der Waals surface area contributed by atoms with Crippen molar-refractivity contribution in [3.05, 3.63) is 11.5 Å². The molecule has 13 aliphatic heterocycles. The molecule has 0 aromatic heterocycles. The minimum Gasteiger partial charge on any atom is -0.506 e. The monoisotopic (exact) mass is 1150 g/mol. The van der Waals surface area contributed by atoms with Crippen molar-refractivity contribution < 1.29 is 174 Å². The summed E-state index contributed by atoms with van der Waals surface area (Å²) in [6, 6.07) is 0. The largest absolute Gasteiger partial charge is 0.506 e. The summed E-state index contributed by atoms with van der Waals surface area (Å²) >= 11 is 0. The second-order valence-corrected chi connectivity index (χ2v) is 19.6. The molecule has 35 nitrogen and oxygen atoms in total. The van der Waals surface area contributed by atoms with Gasteiger partial charge in [0, 0.05) is 26.1 Å². The molecule has 0 spiro atoms. The molecule has 454 valence electrons. The van der Waals surface area contributed by atoms with Crippen molar-refractivity contribution >= 4 is 0 Å². The summed E-state index contributed by atoms with van der Waals surface area (Å²) in [5, 5.41) is 240. The van der Waals surface area contributed by atoms with Crippen LogP contribution >= 0.6 is 0 Å².